The molecule has 0 saturated carbocycles. The number of phosphoric ester groups is 1. The van der Waals surface area contributed by atoms with Crippen LogP contribution in [0.2, 0.25) is 0 Å². The van der Waals surface area contributed by atoms with E-state index in [0.717, 1.165) is 34.1 Å². The summed E-state index contributed by atoms with van der Waals surface area (Å²) >= 11 is 0. The van der Waals surface area contributed by atoms with E-state index in [4.69, 9.17) is 47.2 Å². The summed E-state index contributed by atoms with van der Waals surface area (Å²) in [5.74, 6) is -2.16. The van der Waals surface area contributed by atoms with Gasteiger partial charge in [0.2, 0.25) is 0 Å². The van der Waals surface area contributed by atoms with E-state index in [1.165, 1.54) is 28.4 Å². The van der Waals surface area contributed by atoms with Crippen molar-refractivity contribution in [3.05, 3.63) is 306 Å². The van der Waals surface area contributed by atoms with E-state index in [2.05, 4.69) is 22.8 Å². The Morgan fingerprint density at radius 3 is 1.22 bits per heavy atom. The summed E-state index contributed by atoms with van der Waals surface area (Å²) in [5.41, 5.74) is 6.03. The molecule has 108 heavy (non-hydrogen) atoms. The summed E-state index contributed by atoms with van der Waals surface area (Å²) in [6.07, 6.45) is 12.4. The first-order chi connectivity index (χ1) is 50.8. The zero-order valence-corrected chi connectivity index (χ0v) is 69.4. The van der Waals surface area contributed by atoms with E-state index < -0.39 is 43.5 Å². The van der Waals surface area contributed by atoms with Crippen molar-refractivity contribution >= 4 is 61.0 Å². The van der Waals surface area contributed by atoms with Gasteiger partial charge in [0, 0.05) is 41.0 Å². The van der Waals surface area contributed by atoms with Gasteiger partial charge >= 0.3 is 107 Å². The number of allylic oxidation sites excluding steroid dienone is 3. The molecular weight excluding hydrogens is 1440 g/mol. The van der Waals surface area contributed by atoms with Gasteiger partial charge in [-0.1, -0.05) is 176 Å². The molecule has 4 atom stereocenters. The van der Waals surface area contributed by atoms with Gasteiger partial charge in [-0.15, -0.1) is 13.2 Å². The smallest absolute Gasteiger partial charge is 0.872 e. The van der Waals surface area contributed by atoms with Gasteiger partial charge in [0.05, 0.1) is 76.2 Å². The van der Waals surface area contributed by atoms with Crippen LogP contribution in [0.15, 0.2) is 262 Å². The molecule has 8 rings (SSSR count). The SMILES string of the molecule is C=CC(CC(=O)c1ccc(OC)cc1)c1ccccc1.C=CC(c1ccccc1)C(C(=O)OC)C(=O)c1ccc(OC)cc1.CCOO.CCOP(=O)(OCC)OC/C=C/c1ccccc1.COC(=O)C(C/C=C/c1ccccc1)C(=O)c1ccc(OC)cc1.COC(=O)C=C([O-])c1ccc(OC)cc1.[K+].[Na+].[OH-]. The number of carbonyl (C=O) groups excluding carboxylic acids is 6. The topological polar surface area (TPSA) is 294 Å². The number of carbonyl (C=O) groups is 6. The van der Waals surface area contributed by atoms with Gasteiger partial charge in [0.15, 0.2) is 17.3 Å². The molecule has 0 heterocycles. The average molecular weight is 1530 g/mol. The van der Waals surface area contributed by atoms with Crippen LogP contribution in [0.1, 0.15) is 104 Å². The predicted octanol–water partition coefficient (Wildman–Crippen LogP) is 10.4. The van der Waals surface area contributed by atoms with E-state index in [-0.39, 0.29) is 128 Å². The fourth-order valence-corrected chi connectivity index (χ4v) is 10.5. The maximum atomic E-state index is 12.9. The second kappa shape index (κ2) is 58.5. The third-order valence-corrected chi connectivity index (χ3v) is 16.5. The Labute approximate surface area is 699 Å². The number of rotatable bonds is 32. The maximum absolute atomic E-state index is 12.9. The van der Waals surface area contributed by atoms with Crippen molar-refractivity contribution in [2.45, 2.75) is 45.4 Å². The van der Waals surface area contributed by atoms with Crippen LogP contribution in [-0.4, -0.2) is 122 Å². The van der Waals surface area contributed by atoms with Gasteiger partial charge in [-0.3, -0.25) is 42.8 Å². The van der Waals surface area contributed by atoms with Crippen LogP contribution in [0, 0.1) is 11.8 Å². The van der Waals surface area contributed by atoms with Gasteiger partial charge < -0.3 is 43.7 Å². The molecule has 0 aliphatic heterocycles. The van der Waals surface area contributed by atoms with E-state index in [1.54, 1.807) is 151 Å². The second-order valence-electron chi connectivity index (χ2n) is 21.7. The molecule has 0 aliphatic carbocycles. The molecule has 2 N–H and O–H groups in total. The third kappa shape index (κ3) is 37.1. The van der Waals surface area contributed by atoms with Crippen molar-refractivity contribution in [2.75, 3.05) is 76.2 Å². The molecule has 4 unspecified atom stereocenters. The molecule has 0 fully saturated rings. The number of hydrogen-bond donors (Lipinski definition) is 1. The van der Waals surface area contributed by atoms with Crippen molar-refractivity contribution < 1.29 is 182 Å². The van der Waals surface area contributed by atoms with Crippen LogP contribution < -0.4 is 105 Å². The Kier molecular flexibility index (Phi) is 53.9. The van der Waals surface area contributed by atoms with Crippen molar-refractivity contribution in [1.29, 1.82) is 0 Å². The van der Waals surface area contributed by atoms with Gasteiger partial charge in [0.25, 0.3) is 0 Å². The van der Waals surface area contributed by atoms with E-state index >= 15 is 0 Å². The van der Waals surface area contributed by atoms with Crippen molar-refractivity contribution in [3.63, 3.8) is 0 Å². The molecule has 0 radical (unpaired) electrons. The maximum Gasteiger partial charge on any atom is 1.00 e. The Morgan fingerprint density at radius 2 is 0.852 bits per heavy atom. The first-order valence-electron chi connectivity index (χ1n) is 33.2. The molecule has 564 valence electrons. The number of ketones is 3. The monoisotopic (exact) mass is 1530 g/mol. The molecular formula is C84H95KNaO21P. The zero-order chi connectivity index (χ0) is 77.2. The predicted molar refractivity (Wildman–Crippen MR) is 408 cm³/mol. The Hall–Kier alpha value is -8.49. The summed E-state index contributed by atoms with van der Waals surface area (Å²) in [4.78, 5) is 76.5. The third-order valence-electron chi connectivity index (χ3n) is 14.9. The number of benzene rings is 8. The quantitative estimate of drug-likeness (QED) is 0.00350. The molecule has 0 aliphatic rings. The minimum absolute atomic E-state index is 0. The first kappa shape index (κ1) is 99.5. The van der Waals surface area contributed by atoms with Gasteiger partial charge in [-0.05, 0) is 140 Å². The molecule has 0 spiro atoms. The van der Waals surface area contributed by atoms with E-state index in [9.17, 15) is 38.4 Å². The van der Waals surface area contributed by atoms with Crippen LogP contribution in [0.5, 0.6) is 23.0 Å². The van der Waals surface area contributed by atoms with Crippen molar-refractivity contribution in [3.8, 4) is 23.0 Å². The standard InChI is InChI=1S/2C20H20O4.C18H18O2.C13H19O4P.C11H12O4.C2H6O2.K.Na.H2O/c1-23-17-13-11-16(12-14-17)19(21)18(20(22)24-2)10-6-9-15-7-4-3-5-8-15;1-4-17(14-8-6-5-7-9-14)18(20(22)24-3)19(21)15-10-12-16(23-2)13-11-15;1-3-14(15-7-5-4-6-8-15)13-18(19)16-9-11-17(20-2)12-10-16;1-3-15-18(14,16-4-2)17-12-8-11-13-9-6-5-7-10-13;1-14-9-5-3-8(4-6-9)10(12)7-11(13)15-2;1-2-4-3;;;/h3-9,11-14,18H,10H2,1-2H3;4-13,17-18H,1H2,2-3H3;3-12,14H,1,13H2,2H3;5-11H,3-4,12H2,1-2H3;3-7,12H,1-2H3;3H,2H2,1H3;;;1H2/q;;;;;;2*+1;/p-2/b9-6+;;;11-8+;;;;;. The van der Waals surface area contributed by atoms with Crippen LogP contribution in [0.25, 0.3) is 17.9 Å². The molecule has 0 aromatic heterocycles. The average Bonchev–Trinajstić information content (AvgIpc) is 0.813. The first-order valence-corrected chi connectivity index (χ1v) is 34.6. The van der Waals surface area contributed by atoms with Gasteiger partial charge in [0.1, 0.15) is 34.8 Å². The van der Waals surface area contributed by atoms with Gasteiger partial charge in [-0.25, -0.2) is 14.2 Å². The van der Waals surface area contributed by atoms with Gasteiger partial charge in [-0.2, -0.15) is 0 Å². The van der Waals surface area contributed by atoms with E-state index in [1.807, 2.05) is 146 Å². The minimum atomic E-state index is -3.39. The van der Waals surface area contributed by atoms with Crippen molar-refractivity contribution in [1.82, 2.24) is 0 Å². The number of hydrogen-bond acceptors (Lipinski definition) is 21. The van der Waals surface area contributed by atoms with Crippen LogP contribution >= 0.6 is 7.82 Å². The molecule has 24 heteroatoms. The number of esters is 3. The summed E-state index contributed by atoms with van der Waals surface area (Å²) in [6, 6.07) is 65.8. The normalized spacial score (nSPS) is 11.5. The number of methoxy groups -OCH3 is 7. The Bertz CT molecular complexity index is 3980. The Morgan fingerprint density at radius 1 is 0.472 bits per heavy atom. The second-order valence-corrected chi connectivity index (χ2v) is 23.3. The molecule has 21 nitrogen and oxygen atoms in total. The summed E-state index contributed by atoms with van der Waals surface area (Å²) in [7, 11) is 6.66. The fraction of sp³-hybridized carbons (Fsp3) is 0.238. The number of phosphoric acid groups is 1. The molecule has 8 aromatic rings. The van der Waals surface area contributed by atoms with Crippen molar-refractivity contribution in [2.24, 2.45) is 11.8 Å². The summed E-state index contributed by atoms with van der Waals surface area (Å²) in [6.45, 7) is 14.0. The van der Waals surface area contributed by atoms with Crippen LogP contribution in [-0.2, 0) is 51.6 Å². The van der Waals surface area contributed by atoms with E-state index in [0.29, 0.717) is 65.7 Å². The van der Waals surface area contributed by atoms with Crippen LogP contribution in [0.3, 0.4) is 0 Å². The zero-order valence-electron chi connectivity index (χ0n) is 63.4. The Balaban J connectivity index is 0.00000131. The fourth-order valence-electron chi connectivity index (χ4n) is 9.38. The molecule has 8 aromatic carbocycles. The molecule has 0 saturated heterocycles. The largest absolute Gasteiger partial charge is 1.00 e. The number of ether oxygens (including phenoxy) is 7. The summed E-state index contributed by atoms with van der Waals surface area (Å²) in [5, 5.41) is 18.8. The summed E-state index contributed by atoms with van der Waals surface area (Å²) < 4.78 is 61.3. The molecule has 0 amide bonds. The number of Topliss-reactive ketones (excluding diaryl/α,β-unsaturated/α-hetero) is 3. The molecule has 0 bridgehead atoms. The minimum Gasteiger partial charge on any atom is -0.872 e. The van der Waals surface area contributed by atoms with Crippen LogP contribution in [0.4, 0.5) is 0 Å².